The molecule has 0 radical (unpaired) electrons. The largest absolute Gasteiger partial charge is 0.501 e. The SMILES string of the molecule is CC.COC1=C[C@@H](O)C([C@H](CC(=O)N2CC(C)C[C@@H](C)C2)c2cccc(S(C)(=O)=O)c2)C(OC)=C1. The van der Waals surface area contributed by atoms with Gasteiger partial charge in [-0.3, -0.25) is 4.79 Å². The van der Waals surface area contributed by atoms with Gasteiger partial charge in [0.05, 0.1) is 31.1 Å². The van der Waals surface area contributed by atoms with Crippen LogP contribution >= 0.6 is 0 Å². The fraction of sp³-hybridized carbons (Fsp3) is 0.593. The number of carbonyl (C=O) groups excluding carboxylic acids is 1. The molecule has 1 aliphatic carbocycles. The summed E-state index contributed by atoms with van der Waals surface area (Å²) in [6, 6.07) is 6.63. The maximum absolute atomic E-state index is 13.4. The van der Waals surface area contributed by atoms with Crippen LogP contribution in [-0.4, -0.2) is 64.0 Å². The molecule has 0 saturated carbocycles. The first-order valence-electron chi connectivity index (χ1n) is 12.3. The lowest BCUT2D eigenvalue weighted by Gasteiger charge is -2.38. The number of likely N-dealkylation sites (tertiary alicyclic amines) is 1. The van der Waals surface area contributed by atoms with Crippen molar-refractivity contribution in [2.24, 2.45) is 17.8 Å². The van der Waals surface area contributed by atoms with Gasteiger partial charge in [0.15, 0.2) is 9.84 Å². The van der Waals surface area contributed by atoms with Crippen LogP contribution < -0.4 is 0 Å². The monoisotopic (exact) mass is 507 g/mol. The topological polar surface area (TPSA) is 93.1 Å². The molecule has 8 heteroatoms. The third kappa shape index (κ3) is 7.34. The van der Waals surface area contributed by atoms with Gasteiger partial charge in [-0.1, -0.05) is 39.8 Å². The molecular formula is C27H41NO6S. The lowest BCUT2D eigenvalue weighted by atomic mass is 9.76. The second-order valence-corrected chi connectivity index (χ2v) is 11.5. The first-order chi connectivity index (χ1) is 16.5. The predicted octanol–water partition coefficient (Wildman–Crippen LogP) is 4.15. The molecular weight excluding hydrogens is 466 g/mol. The number of aliphatic hydroxyl groups is 1. The highest BCUT2D eigenvalue weighted by Crippen LogP contribution is 2.40. The van der Waals surface area contributed by atoms with Crippen molar-refractivity contribution in [2.75, 3.05) is 33.6 Å². The van der Waals surface area contributed by atoms with Crippen molar-refractivity contribution in [1.82, 2.24) is 4.90 Å². The fourth-order valence-electron chi connectivity index (χ4n) is 5.09. The summed E-state index contributed by atoms with van der Waals surface area (Å²) in [5.41, 5.74) is 0.672. The number of allylic oxidation sites excluding steroid dienone is 1. The number of benzene rings is 1. The van der Waals surface area contributed by atoms with Gasteiger partial charge < -0.3 is 19.5 Å². The van der Waals surface area contributed by atoms with Crippen LogP contribution in [0.2, 0.25) is 0 Å². The van der Waals surface area contributed by atoms with Gasteiger partial charge in [-0.25, -0.2) is 8.42 Å². The Labute approximate surface area is 210 Å². The van der Waals surface area contributed by atoms with E-state index in [-0.39, 0.29) is 17.2 Å². The van der Waals surface area contributed by atoms with Gasteiger partial charge in [0.2, 0.25) is 5.91 Å². The Bertz CT molecular complexity index is 1020. The van der Waals surface area contributed by atoms with E-state index in [1.165, 1.54) is 14.2 Å². The van der Waals surface area contributed by atoms with E-state index in [4.69, 9.17) is 9.47 Å². The number of amides is 1. The van der Waals surface area contributed by atoms with Crippen LogP contribution in [0.5, 0.6) is 0 Å². The standard InChI is InChI=1S/C25H35NO6S.C2H6/c1-16-9-17(2)15-26(14-16)24(28)13-21(18-7-6-8-20(10-18)33(5,29)30)25-22(27)11-19(31-3)12-23(25)32-4;1-2/h6-8,10-12,16-17,21-22,25,27H,9,13-15H2,1-5H3;1-2H3/t16-,17?,21-,22-,25?;/m1./s1. The minimum absolute atomic E-state index is 0.00710. The number of piperidine rings is 1. The lowest BCUT2D eigenvalue weighted by molar-refractivity contribution is -0.134. The number of ether oxygens (including phenoxy) is 2. The molecule has 3 rings (SSSR count). The van der Waals surface area contributed by atoms with Gasteiger partial charge in [-0.15, -0.1) is 0 Å². The number of rotatable bonds is 7. The van der Waals surface area contributed by atoms with Crippen LogP contribution in [0.25, 0.3) is 0 Å². The van der Waals surface area contributed by atoms with Crippen molar-refractivity contribution < 1.29 is 27.8 Å². The average molecular weight is 508 g/mol. The molecule has 1 fully saturated rings. The normalized spacial score (nSPS) is 25.4. The molecule has 1 aromatic carbocycles. The van der Waals surface area contributed by atoms with Crippen molar-refractivity contribution in [1.29, 1.82) is 0 Å². The summed E-state index contributed by atoms with van der Waals surface area (Å²) in [5, 5.41) is 11.0. The fourth-order valence-corrected chi connectivity index (χ4v) is 5.77. The minimum atomic E-state index is -3.43. The van der Waals surface area contributed by atoms with Crippen molar-refractivity contribution in [3.63, 3.8) is 0 Å². The van der Waals surface area contributed by atoms with E-state index in [1.807, 2.05) is 24.8 Å². The molecule has 0 spiro atoms. The zero-order valence-electron chi connectivity index (χ0n) is 22.0. The Morgan fingerprint density at radius 1 is 1.14 bits per heavy atom. The molecule has 1 amide bonds. The number of hydrogen-bond acceptors (Lipinski definition) is 6. The van der Waals surface area contributed by atoms with Crippen molar-refractivity contribution in [2.45, 2.75) is 57.5 Å². The van der Waals surface area contributed by atoms with Gasteiger partial charge in [-0.2, -0.15) is 0 Å². The summed E-state index contributed by atoms with van der Waals surface area (Å²) in [6.07, 6.45) is 4.72. The molecule has 1 N–H and O–H groups in total. The van der Waals surface area contributed by atoms with Gasteiger partial charge in [0.1, 0.15) is 11.5 Å². The molecule has 1 saturated heterocycles. The number of nitrogens with zero attached hydrogens (tertiary/aromatic N) is 1. The number of sulfone groups is 1. The highest BCUT2D eigenvalue weighted by atomic mass is 32.2. The second kappa shape index (κ2) is 12.6. The van der Waals surface area contributed by atoms with Crippen LogP contribution in [0, 0.1) is 17.8 Å². The average Bonchev–Trinajstić information content (AvgIpc) is 2.82. The van der Waals surface area contributed by atoms with Gasteiger partial charge in [0.25, 0.3) is 0 Å². The molecule has 5 atom stereocenters. The van der Waals surface area contributed by atoms with E-state index in [2.05, 4.69) is 13.8 Å². The predicted molar refractivity (Wildman–Crippen MR) is 137 cm³/mol. The second-order valence-electron chi connectivity index (χ2n) is 9.44. The summed E-state index contributed by atoms with van der Waals surface area (Å²) in [5.74, 6) is 0.759. The Morgan fingerprint density at radius 3 is 2.31 bits per heavy atom. The number of hydrogen-bond donors (Lipinski definition) is 1. The van der Waals surface area contributed by atoms with E-state index in [0.717, 1.165) is 12.7 Å². The van der Waals surface area contributed by atoms with Crippen LogP contribution in [0.3, 0.4) is 0 Å². The first kappa shape index (κ1) is 28.9. The molecule has 35 heavy (non-hydrogen) atoms. The van der Waals surface area contributed by atoms with E-state index < -0.39 is 27.8 Å². The van der Waals surface area contributed by atoms with Gasteiger partial charge in [0, 0.05) is 37.8 Å². The zero-order chi connectivity index (χ0) is 26.3. The van der Waals surface area contributed by atoms with E-state index in [0.29, 0.717) is 42.0 Å². The maximum Gasteiger partial charge on any atom is 0.223 e. The molecule has 7 nitrogen and oxygen atoms in total. The Morgan fingerprint density at radius 2 is 1.77 bits per heavy atom. The third-order valence-corrected chi connectivity index (χ3v) is 7.66. The van der Waals surface area contributed by atoms with Crippen molar-refractivity contribution in [3.05, 3.63) is 53.5 Å². The Balaban J connectivity index is 0.00000210. The smallest absolute Gasteiger partial charge is 0.223 e. The van der Waals surface area contributed by atoms with E-state index >= 15 is 0 Å². The van der Waals surface area contributed by atoms with E-state index in [1.54, 1.807) is 30.4 Å². The summed E-state index contributed by atoms with van der Waals surface area (Å²) >= 11 is 0. The molecule has 0 bridgehead atoms. The quantitative estimate of drug-likeness (QED) is 0.596. The van der Waals surface area contributed by atoms with Crippen LogP contribution in [0.4, 0.5) is 0 Å². The Kier molecular flexibility index (Phi) is 10.4. The number of methoxy groups -OCH3 is 2. The number of carbonyl (C=O) groups is 1. The lowest BCUT2D eigenvalue weighted by Crippen LogP contribution is -2.44. The highest BCUT2D eigenvalue weighted by molar-refractivity contribution is 7.90. The minimum Gasteiger partial charge on any atom is -0.501 e. The summed E-state index contributed by atoms with van der Waals surface area (Å²) in [7, 11) is -0.404. The van der Waals surface area contributed by atoms with Gasteiger partial charge in [-0.05, 0) is 42.0 Å². The van der Waals surface area contributed by atoms with Crippen molar-refractivity contribution in [3.8, 4) is 0 Å². The molecule has 1 aromatic rings. The summed E-state index contributed by atoms with van der Waals surface area (Å²) in [4.78, 5) is 15.5. The van der Waals surface area contributed by atoms with Crippen LogP contribution in [-0.2, 0) is 24.1 Å². The molecule has 2 unspecified atom stereocenters. The van der Waals surface area contributed by atoms with Gasteiger partial charge >= 0.3 is 0 Å². The molecule has 196 valence electrons. The summed E-state index contributed by atoms with van der Waals surface area (Å²) < 4.78 is 35.3. The zero-order valence-corrected chi connectivity index (χ0v) is 22.8. The van der Waals surface area contributed by atoms with E-state index in [9.17, 15) is 18.3 Å². The van der Waals surface area contributed by atoms with Crippen molar-refractivity contribution >= 4 is 15.7 Å². The summed E-state index contributed by atoms with van der Waals surface area (Å²) in [6.45, 7) is 9.70. The molecule has 1 aliphatic heterocycles. The highest BCUT2D eigenvalue weighted by Gasteiger charge is 2.38. The first-order valence-corrected chi connectivity index (χ1v) is 14.2. The molecule has 1 heterocycles. The maximum atomic E-state index is 13.4. The third-order valence-electron chi connectivity index (χ3n) is 6.55. The van der Waals surface area contributed by atoms with Crippen LogP contribution in [0.15, 0.2) is 52.8 Å². The Hall–Kier alpha value is -2.32. The van der Waals surface area contributed by atoms with Crippen LogP contribution in [0.1, 0.15) is 52.0 Å². The molecule has 2 aliphatic rings. The molecule has 0 aromatic heterocycles. The number of aliphatic hydroxyl groups excluding tert-OH is 1.